The number of hydrogen-bond donors (Lipinski definition) is 1. The van der Waals surface area contributed by atoms with Crippen molar-refractivity contribution < 1.29 is 4.79 Å². The second kappa shape index (κ2) is 3.98. The molecule has 4 nitrogen and oxygen atoms in total. The third-order valence-corrected chi connectivity index (χ3v) is 2.05. The highest BCUT2D eigenvalue weighted by atomic mass is 16.1. The highest BCUT2D eigenvalue weighted by Crippen LogP contribution is 2.14. The van der Waals surface area contributed by atoms with Crippen molar-refractivity contribution in [3.05, 3.63) is 23.5 Å². The second-order valence-corrected chi connectivity index (χ2v) is 3.02. The van der Waals surface area contributed by atoms with Gasteiger partial charge in [-0.1, -0.05) is 13.8 Å². The van der Waals surface area contributed by atoms with Gasteiger partial charge in [0, 0.05) is 0 Å². The largest absolute Gasteiger partial charge is 0.364 e. The van der Waals surface area contributed by atoms with E-state index in [1.807, 2.05) is 0 Å². The summed E-state index contributed by atoms with van der Waals surface area (Å²) in [5.41, 5.74) is 6.14. The van der Waals surface area contributed by atoms with Crippen LogP contribution in [0, 0.1) is 0 Å². The van der Waals surface area contributed by atoms with Gasteiger partial charge < -0.3 is 5.73 Å². The van der Waals surface area contributed by atoms with Crippen LogP contribution in [-0.2, 0) is 0 Å². The van der Waals surface area contributed by atoms with Gasteiger partial charge in [-0.2, -0.15) is 5.10 Å². The van der Waals surface area contributed by atoms with Crippen molar-refractivity contribution in [2.75, 3.05) is 0 Å². The fourth-order valence-electron chi connectivity index (χ4n) is 0.946. The standard InChI is InChI=1S/C9H13N3O/c1-3-6(2)7-4-5-8(9(10)13)12-11-7/h4-6H,3H2,1-2H3,(H2,10,13). The van der Waals surface area contributed by atoms with Gasteiger partial charge in [-0.15, -0.1) is 5.10 Å². The van der Waals surface area contributed by atoms with Crippen molar-refractivity contribution >= 4 is 5.91 Å². The van der Waals surface area contributed by atoms with Crippen LogP contribution in [0.2, 0.25) is 0 Å². The molecule has 13 heavy (non-hydrogen) atoms. The summed E-state index contributed by atoms with van der Waals surface area (Å²) in [6.45, 7) is 4.14. The summed E-state index contributed by atoms with van der Waals surface area (Å²) in [6, 6.07) is 3.40. The van der Waals surface area contributed by atoms with Crippen LogP contribution < -0.4 is 5.73 Å². The topological polar surface area (TPSA) is 68.9 Å². The molecule has 0 spiro atoms. The molecule has 4 heteroatoms. The van der Waals surface area contributed by atoms with Gasteiger partial charge in [0.25, 0.3) is 5.91 Å². The summed E-state index contributed by atoms with van der Waals surface area (Å²) in [4.78, 5) is 10.7. The molecule has 0 aliphatic heterocycles. The Morgan fingerprint density at radius 3 is 2.62 bits per heavy atom. The van der Waals surface area contributed by atoms with Crippen molar-refractivity contribution in [1.29, 1.82) is 0 Å². The zero-order valence-electron chi connectivity index (χ0n) is 7.82. The molecule has 1 atom stereocenters. The van der Waals surface area contributed by atoms with E-state index < -0.39 is 5.91 Å². The molecule has 0 aromatic carbocycles. The number of rotatable bonds is 3. The average Bonchev–Trinajstić information content (AvgIpc) is 2.17. The molecule has 1 rings (SSSR count). The number of amides is 1. The van der Waals surface area contributed by atoms with E-state index in [-0.39, 0.29) is 5.69 Å². The van der Waals surface area contributed by atoms with Crippen molar-refractivity contribution in [1.82, 2.24) is 10.2 Å². The monoisotopic (exact) mass is 179 g/mol. The van der Waals surface area contributed by atoms with E-state index in [9.17, 15) is 4.79 Å². The number of nitrogens with zero attached hydrogens (tertiary/aromatic N) is 2. The lowest BCUT2D eigenvalue weighted by Crippen LogP contribution is -2.14. The van der Waals surface area contributed by atoms with Crippen LogP contribution in [0.5, 0.6) is 0 Å². The van der Waals surface area contributed by atoms with Crippen LogP contribution in [-0.4, -0.2) is 16.1 Å². The molecule has 0 bridgehead atoms. The first-order valence-electron chi connectivity index (χ1n) is 4.28. The number of carbonyl (C=O) groups is 1. The Bertz CT molecular complexity index is 294. The number of nitrogens with two attached hydrogens (primary N) is 1. The first kappa shape index (κ1) is 9.64. The Kier molecular flexibility index (Phi) is 2.95. The third kappa shape index (κ3) is 2.24. The van der Waals surface area contributed by atoms with Gasteiger partial charge in [0.05, 0.1) is 5.69 Å². The minimum absolute atomic E-state index is 0.215. The highest BCUT2D eigenvalue weighted by molar-refractivity contribution is 5.90. The molecule has 0 saturated heterocycles. The molecule has 1 unspecified atom stereocenters. The minimum Gasteiger partial charge on any atom is -0.364 e. The van der Waals surface area contributed by atoms with E-state index in [1.165, 1.54) is 0 Å². The van der Waals surface area contributed by atoms with Crippen LogP contribution >= 0.6 is 0 Å². The van der Waals surface area contributed by atoms with E-state index in [1.54, 1.807) is 12.1 Å². The number of carbonyl (C=O) groups excluding carboxylic acids is 1. The lowest BCUT2D eigenvalue weighted by Gasteiger charge is -2.05. The van der Waals surface area contributed by atoms with Crippen LogP contribution in [0.4, 0.5) is 0 Å². The van der Waals surface area contributed by atoms with Crippen LogP contribution in [0.15, 0.2) is 12.1 Å². The molecular formula is C9H13N3O. The van der Waals surface area contributed by atoms with E-state index in [0.717, 1.165) is 12.1 Å². The molecule has 0 radical (unpaired) electrons. The zero-order valence-corrected chi connectivity index (χ0v) is 7.82. The van der Waals surface area contributed by atoms with Gasteiger partial charge >= 0.3 is 0 Å². The predicted molar refractivity (Wildman–Crippen MR) is 49.3 cm³/mol. The molecule has 1 amide bonds. The lowest BCUT2D eigenvalue weighted by molar-refractivity contribution is 0.0994. The molecule has 2 N–H and O–H groups in total. The van der Waals surface area contributed by atoms with Gasteiger partial charge in [0.1, 0.15) is 0 Å². The van der Waals surface area contributed by atoms with Gasteiger partial charge in [0.15, 0.2) is 5.69 Å². The molecule has 0 fully saturated rings. The fourth-order valence-corrected chi connectivity index (χ4v) is 0.946. The fraction of sp³-hybridized carbons (Fsp3) is 0.444. The van der Waals surface area contributed by atoms with Gasteiger partial charge in [-0.05, 0) is 24.5 Å². The number of aromatic nitrogens is 2. The molecule has 70 valence electrons. The Labute approximate surface area is 77.2 Å². The quantitative estimate of drug-likeness (QED) is 0.755. The first-order chi connectivity index (χ1) is 6.15. The summed E-state index contributed by atoms with van der Waals surface area (Å²) in [7, 11) is 0. The summed E-state index contributed by atoms with van der Waals surface area (Å²) >= 11 is 0. The van der Waals surface area contributed by atoms with Crippen LogP contribution in [0.3, 0.4) is 0 Å². The molecule has 0 aliphatic rings. The predicted octanol–water partition coefficient (Wildman–Crippen LogP) is 1.09. The summed E-state index contributed by atoms with van der Waals surface area (Å²) in [5, 5.41) is 7.64. The van der Waals surface area contributed by atoms with Crippen LogP contribution in [0.1, 0.15) is 42.4 Å². The van der Waals surface area contributed by atoms with E-state index >= 15 is 0 Å². The maximum atomic E-state index is 10.7. The third-order valence-electron chi connectivity index (χ3n) is 2.05. The van der Waals surface area contributed by atoms with Crippen molar-refractivity contribution in [2.45, 2.75) is 26.2 Å². The molecule has 1 heterocycles. The molecular weight excluding hydrogens is 166 g/mol. The Hall–Kier alpha value is -1.45. The minimum atomic E-state index is -0.539. The SMILES string of the molecule is CCC(C)c1ccc(C(N)=O)nn1. The van der Waals surface area contributed by atoms with Crippen molar-refractivity contribution in [3.8, 4) is 0 Å². The van der Waals surface area contributed by atoms with Crippen molar-refractivity contribution in [3.63, 3.8) is 0 Å². The lowest BCUT2D eigenvalue weighted by atomic mass is 10.1. The van der Waals surface area contributed by atoms with E-state index in [0.29, 0.717) is 5.92 Å². The number of hydrogen-bond acceptors (Lipinski definition) is 3. The normalized spacial score (nSPS) is 12.5. The van der Waals surface area contributed by atoms with Gasteiger partial charge in [0.2, 0.25) is 0 Å². The molecule has 1 aromatic rings. The molecule has 1 aromatic heterocycles. The summed E-state index contributed by atoms with van der Waals surface area (Å²) < 4.78 is 0. The Balaban J connectivity index is 2.87. The van der Waals surface area contributed by atoms with Gasteiger partial charge in [-0.25, -0.2) is 0 Å². The first-order valence-corrected chi connectivity index (χ1v) is 4.28. The van der Waals surface area contributed by atoms with Gasteiger partial charge in [-0.3, -0.25) is 4.79 Å². The van der Waals surface area contributed by atoms with Crippen molar-refractivity contribution in [2.24, 2.45) is 5.73 Å². The van der Waals surface area contributed by atoms with E-state index in [2.05, 4.69) is 24.0 Å². The number of primary amides is 1. The summed E-state index contributed by atoms with van der Waals surface area (Å²) in [5.74, 6) is -0.169. The van der Waals surface area contributed by atoms with Crippen LogP contribution in [0.25, 0.3) is 0 Å². The Morgan fingerprint density at radius 2 is 2.23 bits per heavy atom. The summed E-state index contributed by atoms with van der Waals surface area (Å²) in [6.07, 6.45) is 1.00. The molecule has 0 saturated carbocycles. The molecule has 0 aliphatic carbocycles. The maximum Gasteiger partial charge on any atom is 0.269 e. The smallest absolute Gasteiger partial charge is 0.269 e. The van der Waals surface area contributed by atoms with E-state index in [4.69, 9.17) is 5.73 Å². The Morgan fingerprint density at radius 1 is 1.54 bits per heavy atom. The second-order valence-electron chi connectivity index (χ2n) is 3.02. The zero-order chi connectivity index (χ0) is 9.84. The average molecular weight is 179 g/mol. The highest BCUT2D eigenvalue weighted by Gasteiger charge is 2.07. The maximum absolute atomic E-state index is 10.7.